The number of carbonyl (C=O) groups excluding carboxylic acids is 2. The fourth-order valence-corrected chi connectivity index (χ4v) is 5.46. The van der Waals surface area contributed by atoms with Gasteiger partial charge in [-0.25, -0.2) is 8.42 Å². The van der Waals surface area contributed by atoms with Crippen LogP contribution in [0.2, 0.25) is 0 Å². The summed E-state index contributed by atoms with van der Waals surface area (Å²) in [5.74, 6) is -0.791. The van der Waals surface area contributed by atoms with Gasteiger partial charge in [0.2, 0.25) is 0 Å². The van der Waals surface area contributed by atoms with E-state index in [-0.39, 0.29) is 39.7 Å². The molecule has 216 valence electrons. The number of ether oxygens (including phenoxy) is 2. The van der Waals surface area contributed by atoms with Crippen LogP contribution in [0.4, 0.5) is 0 Å². The molecule has 0 spiro atoms. The van der Waals surface area contributed by atoms with Crippen LogP contribution in [-0.4, -0.2) is 60.3 Å². The van der Waals surface area contributed by atoms with Gasteiger partial charge in [0.1, 0.15) is 0 Å². The Morgan fingerprint density at radius 1 is 0.744 bits per heavy atom. The van der Waals surface area contributed by atoms with Crippen molar-refractivity contribution in [2.24, 2.45) is 11.8 Å². The molecule has 0 radical (unpaired) electrons. The number of hydrogen-bond donors (Lipinski definition) is 1. The summed E-state index contributed by atoms with van der Waals surface area (Å²) in [5.41, 5.74) is 1.99. The highest BCUT2D eigenvalue weighted by atomic mass is 35.7. The molecule has 1 N–H and O–H groups in total. The Balaban J connectivity index is 0.000000226. The number of halogens is 1. The third-order valence-electron chi connectivity index (χ3n) is 6.15. The summed E-state index contributed by atoms with van der Waals surface area (Å²) in [5, 5.41) is 8.75. The van der Waals surface area contributed by atoms with E-state index < -0.39 is 25.3 Å². The van der Waals surface area contributed by atoms with Crippen LogP contribution in [0.25, 0.3) is 0 Å². The topological polar surface area (TPSA) is 150 Å². The van der Waals surface area contributed by atoms with E-state index in [0.29, 0.717) is 25.7 Å². The van der Waals surface area contributed by atoms with Crippen molar-refractivity contribution in [2.45, 2.75) is 61.5 Å². The monoisotopic (exact) mass is 604 g/mol. The molecule has 2 aromatic carbocycles. The van der Waals surface area contributed by atoms with E-state index in [1.165, 1.54) is 38.5 Å². The smallest absolute Gasteiger partial charge is 0.308 e. The van der Waals surface area contributed by atoms with Crippen molar-refractivity contribution in [3.63, 3.8) is 0 Å². The molecule has 0 bridgehead atoms. The lowest BCUT2D eigenvalue weighted by Crippen LogP contribution is -2.38. The molecule has 0 saturated heterocycles. The second kappa shape index (κ2) is 14.2. The quantitative estimate of drug-likeness (QED) is 0.295. The molecular weight excluding hydrogens is 572 g/mol. The number of rotatable bonds is 6. The molecule has 2 fully saturated rings. The Bertz CT molecular complexity index is 1310. The summed E-state index contributed by atoms with van der Waals surface area (Å²) in [7, 11) is 0.478. The number of hydrogen-bond acceptors (Lipinski definition) is 10. The summed E-state index contributed by atoms with van der Waals surface area (Å²) in [4.78, 5) is 22.1. The molecule has 2 saturated carbocycles. The number of benzene rings is 2. The Kier molecular flexibility index (Phi) is 11.9. The highest BCUT2D eigenvalue weighted by molar-refractivity contribution is 8.13. The number of carbonyl (C=O) groups is 2. The molecule has 2 aliphatic carbocycles. The number of aliphatic hydroxyl groups is 1. The highest BCUT2D eigenvalue weighted by Crippen LogP contribution is 2.33. The molecule has 0 atom stereocenters. The Morgan fingerprint density at radius 3 is 1.49 bits per heavy atom. The van der Waals surface area contributed by atoms with Crippen LogP contribution >= 0.6 is 10.7 Å². The van der Waals surface area contributed by atoms with Gasteiger partial charge in [-0.15, -0.1) is 0 Å². The summed E-state index contributed by atoms with van der Waals surface area (Å²) in [6.45, 7) is 3.76. The number of aliphatic hydroxyl groups excluding tert-OH is 1. The van der Waals surface area contributed by atoms with Gasteiger partial charge in [0.25, 0.3) is 19.2 Å². The van der Waals surface area contributed by atoms with Crippen molar-refractivity contribution in [3.8, 4) is 0 Å². The first kappa shape index (κ1) is 32.7. The molecular formula is C26H33ClO10S2. The second-order valence-corrected chi connectivity index (χ2v) is 13.4. The lowest BCUT2D eigenvalue weighted by atomic mass is 9.83. The molecule has 2 aromatic rings. The first-order chi connectivity index (χ1) is 18.2. The van der Waals surface area contributed by atoms with Crippen LogP contribution in [0.1, 0.15) is 36.8 Å². The van der Waals surface area contributed by atoms with Crippen molar-refractivity contribution in [2.75, 3.05) is 14.2 Å². The summed E-state index contributed by atoms with van der Waals surface area (Å²) in [6.07, 6.45) is 1.22. The summed E-state index contributed by atoms with van der Waals surface area (Å²) >= 11 is 0. The van der Waals surface area contributed by atoms with Crippen LogP contribution in [0.3, 0.4) is 0 Å². The second-order valence-electron chi connectivity index (χ2n) is 9.27. The van der Waals surface area contributed by atoms with Crippen LogP contribution in [0.5, 0.6) is 0 Å². The molecule has 10 nitrogen and oxygen atoms in total. The van der Waals surface area contributed by atoms with Gasteiger partial charge in [-0.3, -0.25) is 13.8 Å². The van der Waals surface area contributed by atoms with Gasteiger partial charge in [-0.05, 0) is 63.8 Å². The zero-order chi connectivity index (χ0) is 29.4. The fraction of sp³-hybridized carbons (Fsp3) is 0.462. The average molecular weight is 605 g/mol. The SMILES string of the molecule is COC(=O)C1CC(O)C1.COC(=O)C1CC(OS(=O)(=O)c2ccc(C)cc2)C1.Cc1ccc(S(=O)(=O)Cl)cc1. The molecule has 0 heterocycles. The molecule has 0 amide bonds. The van der Waals surface area contributed by atoms with E-state index >= 15 is 0 Å². The van der Waals surface area contributed by atoms with Gasteiger partial charge < -0.3 is 14.6 Å². The molecule has 0 aromatic heterocycles. The summed E-state index contributed by atoms with van der Waals surface area (Å²) in [6, 6.07) is 12.8. The molecule has 39 heavy (non-hydrogen) atoms. The number of methoxy groups -OCH3 is 2. The Morgan fingerprint density at radius 2 is 1.13 bits per heavy atom. The van der Waals surface area contributed by atoms with Gasteiger partial charge in [0.15, 0.2) is 0 Å². The van der Waals surface area contributed by atoms with E-state index in [9.17, 15) is 26.4 Å². The maximum atomic E-state index is 12.0. The first-order valence-corrected chi connectivity index (χ1v) is 15.7. The van der Waals surface area contributed by atoms with Crippen molar-refractivity contribution in [1.82, 2.24) is 0 Å². The van der Waals surface area contributed by atoms with Crippen LogP contribution in [-0.2, 0) is 42.4 Å². The Hall–Kier alpha value is -2.51. The molecule has 4 rings (SSSR count). The van der Waals surface area contributed by atoms with Crippen molar-refractivity contribution in [3.05, 3.63) is 59.7 Å². The highest BCUT2D eigenvalue weighted by Gasteiger charge is 2.39. The maximum Gasteiger partial charge on any atom is 0.308 e. The van der Waals surface area contributed by atoms with E-state index in [2.05, 4.69) is 9.47 Å². The number of esters is 2. The van der Waals surface area contributed by atoms with E-state index in [1.54, 1.807) is 24.3 Å². The standard InChI is InChI=1S/C13H16O5S.C7H7ClO2S.C6H10O3/c1-9-3-5-12(6-4-9)19(15,16)18-11-7-10(8-11)13(14)17-2;1-6-2-4-7(5-3-6)11(8,9)10;1-9-6(8)4-2-5(7)3-4/h3-6,10-11H,7-8H2,1-2H3;2-5H,1H3;4-5,7H,2-3H2,1H3. The minimum Gasteiger partial charge on any atom is -0.469 e. The predicted molar refractivity (Wildman–Crippen MR) is 143 cm³/mol. The molecule has 0 aliphatic heterocycles. The van der Waals surface area contributed by atoms with E-state index in [4.69, 9.17) is 20.0 Å². The molecule has 2 aliphatic rings. The lowest BCUT2D eigenvalue weighted by molar-refractivity contribution is -0.152. The van der Waals surface area contributed by atoms with Gasteiger partial charge >= 0.3 is 11.9 Å². The fourth-order valence-electron chi connectivity index (χ4n) is 3.59. The Labute approximate surface area is 233 Å². The van der Waals surface area contributed by atoms with Crippen molar-refractivity contribution in [1.29, 1.82) is 0 Å². The minimum absolute atomic E-state index is 0.0370. The predicted octanol–water partition coefficient (Wildman–Crippen LogP) is 3.50. The van der Waals surface area contributed by atoms with Crippen LogP contribution in [0.15, 0.2) is 58.3 Å². The summed E-state index contributed by atoms with van der Waals surface area (Å²) < 4.78 is 59.5. The van der Waals surface area contributed by atoms with Gasteiger partial charge in [-0.2, -0.15) is 8.42 Å². The zero-order valence-electron chi connectivity index (χ0n) is 22.1. The van der Waals surface area contributed by atoms with Gasteiger partial charge in [-0.1, -0.05) is 35.4 Å². The third kappa shape index (κ3) is 10.2. The molecule has 0 unspecified atom stereocenters. The molecule has 13 heteroatoms. The normalized spacial score (nSPS) is 21.9. The van der Waals surface area contributed by atoms with E-state index in [1.807, 2.05) is 13.8 Å². The minimum atomic E-state index is -3.75. The zero-order valence-corrected chi connectivity index (χ0v) is 24.5. The van der Waals surface area contributed by atoms with Crippen LogP contribution in [0, 0.1) is 25.7 Å². The largest absolute Gasteiger partial charge is 0.469 e. The van der Waals surface area contributed by atoms with Gasteiger partial charge in [0.05, 0.1) is 48.1 Å². The first-order valence-electron chi connectivity index (χ1n) is 12.0. The van der Waals surface area contributed by atoms with E-state index in [0.717, 1.165) is 11.1 Å². The van der Waals surface area contributed by atoms with Gasteiger partial charge in [0, 0.05) is 10.7 Å². The average Bonchev–Trinajstić information content (AvgIpc) is 2.84. The number of aryl methyl sites for hydroxylation is 2. The third-order valence-corrected chi connectivity index (χ3v) is 8.90. The van der Waals surface area contributed by atoms with Crippen molar-refractivity contribution < 1.29 is 45.2 Å². The maximum absolute atomic E-state index is 12.0. The van der Waals surface area contributed by atoms with Crippen molar-refractivity contribution >= 4 is 41.8 Å². The lowest BCUT2D eigenvalue weighted by Gasteiger charge is -2.32. The van der Waals surface area contributed by atoms with Crippen LogP contribution < -0.4 is 0 Å².